The monoisotopic (exact) mass is 306 g/mol. The molecule has 0 aliphatic carbocycles. The van der Waals surface area contributed by atoms with Crippen LogP contribution in [0.15, 0.2) is 54.6 Å². The number of hydrogen-bond acceptors (Lipinski definition) is 5. The lowest BCUT2D eigenvalue weighted by atomic mass is 9.94. The lowest BCUT2D eigenvalue weighted by molar-refractivity contribution is 0.219. The molecule has 5 nitrogen and oxygen atoms in total. The predicted octanol–water partition coefficient (Wildman–Crippen LogP) is 1.93. The highest BCUT2D eigenvalue weighted by Gasteiger charge is 2.26. The molecule has 112 valence electrons. The summed E-state index contributed by atoms with van der Waals surface area (Å²) in [6.07, 6.45) is 0. The topological polar surface area (TPSA) is 79.2 Å². The maximum Gasteiger partial charge on any atom is 0.698 e. The Morgan fingerprint density at radius 3 is 2.00 bits per heavy atom. The van der Waals surface area contributed by atoms with Gasteiger partial charge in [-0.2, -0.15) is 0 Å². The minimum absolute atomic E-state index is 0.406. The van der Waals surface area contributed by atoms with Crippen LogP contribution in [0.2, 0.25) is 0 Å². The fraction of sp³-hybridized carbons (Fsp3) is 0. The molecule has 23 heavy (non-hydrogen) atoms. The van der Waals surface area contributed by atoms with Crippen molar-refractivity contribution in [3.8, 4) is 5.75 Å². The summed E-state index contributed by atoms with van der Waals surface area (Å²) in [5.74, 6) is 0.406. The highest BCUT2D eigenvalue weighted by Crippen LogP contribution is 2.38. The van der Waals surface area contributed by atoms with E-state index < -0.39 is 14.6 Å². The minimum atomic E-state index is -2.11. The lowest BCUT2D eigenvalue weighted by Crippen LogP contribution is -2.34. The Bertz CT molecular complexity index is 972. The van der Waals surface area contributed by atoms with E-state index in [-0.39, 0.29) is 0 Å². The fourth-order valence-electron chi connectivity index (χ4n) is 3.05. The number of benzene rings is 4. The molecule has 0 saturated carbocycles. The van der Waals surface area contributed by atoms with Crippen molar-refractivity contribution < 1.29 is 24.3 Å². The Morgan fingerprint density at radius 1 is 0.696 bits per heavy atom. The zero-order valence-corrected chi connectivity index (χ0v) is 12.0. The minimum Gasteiger partial charge on any atom is -0.512 e. The van der Waals surface area contributed by atoms with Crippen molar-refractivity contribution in [1.82, 2.24) is 0 Å². The third-order valence-corrected chi connectivity index (χ3v) is 3.95. The predicted molar refractivity (Wildman–Crippen MR) is 90.0 cm³/mol. The van der Waals surface area contributed by atoms with Gasteiger partial charge in [0.2, 0.25) is 0 Å². The molecule has 0 spiro atoms. The molecule has 7 heteroatoms. The Balaban J connectivity index is 1.93. The van der Waals surface area contributed by atoms with Gasteiger partial charge in [-0.3, -0.25) is 0 Å². The summed E-state index contributed by atoms with van der Waals surface area (Å²) in [4.78, 5) is 0. The summed E-state index contributed by atoms with van der Waals surface area (Å²) < 4.78 is 9.68. The second kappa shape index (κ2) is 5.40. The molecule has 4 rings (SSSR count). The first-order valence-corrected chi connectivity index (χ1v) is 7.16. The Kier molecular flexibility index (Phi) is 3.36. The third kappa shape index (κ3) is 2.40. The molecule has 3 N–H and O–H groups in total. The Labute approximate surface area is 132 Å². The normalized spacial score (nSPS) is 11.4. The molecular weight excluding hydrogens is 294 g/mol. The van der Waals surface area contributed by atoms with E-state index in [1.807, 2.05) is 30.3 Å². The Morgan fingerprint density at radius 2 is 1.30 bits per heavy atom. The van der Waals surface area contributed by atoms with Crippen molar-refractivity contribution in [3.05, 3.63) is 54.6 Å². The molecule has 0 atom stereocenters. The smallest absolute Gasteiger partial charge is 0.512 e. The molecule has 0 radical (unpaired) electrons. The summed E-state index contributed by atoms with van der Waals surface area (Å²) in [7, 11) is -3.88. The van der Waals surface area contributed by atoms with Crippen molar-refractivity contribution in [3.63, 3.8) is 0 Å². The molecular formula is C16H12B2O5. The highest BCUT2D eigenvalue weighted by molar-refractivity contribution is 6.50. The zero-order valence-electron chi connectivity index (χ0n) is 12.0. The van der Waals surface area contributed by atoms with E-state index in [1.54, 1.807) is 6.07 Å². The van der Waals surface area contributed by atoms with Gasteiger partial charge in [0.15, 0.2) is 0 Å². The van der Waals surface area contributed by atoms with E-state index in [4.69, 9.17) is 14.7 Å². The van der Waals surface area contributed by atoms with Crippen molar-refractivity contribution in [2.45, 2.75) is 0 Å². The van der Waals surface area contributed by atoms with Gasteiger partial charge in [-0.25, -0.2) is 0 Å². The van der Waals surface area contributed by atoms with E-state index in [1.165, 1.54) is 0 Å². The van der Waals surface area contributed by atoms with Gasteiger partial charge in [0, 0.05) is 10.8 Å². The molecule has 4 aromatic carbocycles. The van der Waals surface area contributed by atoms with Gasteiger partial charge in [0.05, 0.1) is 0 Å². The third-order valence-electron chi connectivity index (χ3n) is 3.95. The second-order valence-corrected chi connectivity index (χ2v) is 5.31. The maximum atomic E-state index is 9.61. The van der Waals surface area contributed by atoms with Crippen LogP contribution >= 0.6 is 0 Å². The summed E-state index contributed by atoms with van der Waals surface area (Å²) >= 11 is 0. The lowest BCUT2D eigenvalue weighted by Gasteiger charge is -2.15. The van der Waals surface area contributed by atoms with Gasteiger partial charge < -0.3 is 24.3 Å². The average Bonchev–Trinajstić information content (AvgIpc) is 2.53. The van der Waals surface area contributed by atoms with Crippen LogP contribution in [0.5, 0.6) is 5.75 Å². The highest BCUT2D eigenvalue weighted by atomic mass is 16.7. The van der Waals surface area contributed by atoms with Crippen molar-refractivity contribution in [2.24, 2.45) is 0 Å². The van der Waals surface area contributed by atoms with Gasteiger partial charge >= 0.3 is 14.6 Å². The molecule has 0 fully saturated rings. The van der Waals surface area contributed by atoms with Crippen LogP contribution in [-0.2, 0) is 4.57 Å². The van der Waals surface area contributed by atoms with Crippen molar-refractivity contribution in [2.75, 3.05) is 0 Å². The van der Waals surface area contributed by atoms with E-state index >= 15 is 0 Å². The first kappa shape index (κ1) is 14.3. The van der Waals surface area contributed by atoms with Crippen LogP contribution in [-0.4, -0.2) is 29.7 Å². The van der Waals surface area contributed by atoms with Crippen LogP contribution < -0.4 is 4.65 Å². The van der Waals surface area contributed by atoms with Crippen LogP contribution in [0, 0.1) is 0 Å². The standard InChI is InChI=1S/C16H12B2O5/c19-17(20)23-18(21)22-14-9-7-12-5-4-10-2-1-3-11-6-8-13(14)16(12)15(10)11/h1-9,19-21H. The molecule has 0 amide bonds. The Hall–Kier alpha value is -2.31. The summed E-state index contributed by atoms with van der Waals surface area (Å²) in [5.41, 5.74) is 0. The largest absolute Gasteiger partial charge is 0.698 e. The van der Waals surface area contributed by atoms with Crippen molar-refractivity contribution >= 4 is 47.0 Å². The van der Waals surface area contributed by atoms with Crippen LogP contribution in [0.25, 0.3) is 32.3 Å². The SMILES string of the molecule is OB(O)OB(O)Oc1ccc2ccc3cccc4ccc1c2c34. The van der Waals surface area contributed by atoms with Crippen LogP contribution in [0.3, 0.4) is 0 Å². The van der Waals surface area contributed by atoms with Gasteiger partial charge in [-0.15, -0.1) is 0 Å². The second-order valence-electron chi connectivity index (χ2n) is 5.31. The summed E-state index contributed by atoms with van der Waals surface area (Å²) in [5, 5.41) is 33.4. The number of hydrogen-bond donors (Lipinski definition) is 3. The number of rotatable bonds is 4. The molecule has 0 aromatic heterocycles. The molecule has 0 saturated heterocycles. The van der Waals surface area contributed by atoms with Gasteiger partial charge in [-0.1, -0.05) is 48.5 Å². The molecule has 4 aromatic rings. The maximum absolute atomic E-state index is 9.61. The van der Waals surface area contributed by atoms with Gasteiger partial charge in [-0.05, 0) is 27.6 Å². The molecule has 0 bridgehead atoms. The molecule has 0 aliphatic rings. The summed E-state index contributed by atoms with van der Waals surface area (Å²) in [6, 6.07) is 17.8. The van der Waals surface area contributed by atoms with Gasteiger partial charge in [0.1, 0.15) is 5.75 Å². The van der Waals surface area contributed by atoms with E-state index in [9.17, 15) is 5.02 Å². The quantitative estimate of drug-likeness (QED) is 0.396. The first-order chi connectivity index (χ1) is 11.1. The zero-order chi connectivity index (χ0) is 16.0. The summed E-state index contributed by atoms with van der Waals surface area (Å²) in [6.45, 7) is 0. The first-order valence-electron chi connectivity index (χ1n) is 7.16. The molecule has 0 heterocycles. The average molecular weight is 306 g/mol. The van der Waals surface area contributed by atoms with Crippen LogP contribution in [0.4, 0.5) is 0 Å². The fourth-order valence-corrected chi connectivity index (χ4v) is 3.05. The van der Waals surface area contributed by atoms with E-state index in [0.29, 0.717) is 5.75 Å². The van der Waals surface area contributed by atoms with Crippen LogP contribution in [0.1, 0.15) is 0 Å². The molecule has 0 aliphatic heterocycles. The van der Waals surface area contributed by atoms with Gasteiger partial charge in [0.25, 0.3) is 0 Å². The van der Waals surface area contributed by atoms with E-state index in [0.717, 1.165) is 32.3 Å². The van der Waals surface area contributed by atoms with Crippen molar-refractivity contribution in [1.29, 1.82) is 0 Å². The molecule has 0 unspecified atom stereocenters. The van der Waals surface area contributed by atoms with E-state index in [2.05, 4.69) is 22.8 Å².